The second-order valence-electron chi connectivity index (χ2n) is 36.2. The molecule has 0 N–H and O–H groups in total. The summed E-state index contributed by atoms with van der Waals surface area (Å²) in [7, 11) is 0. The van der Waals surface area contributed by atoms with Gasteiger partial charge < -0.3 is 9.47 Å². The van der Waals surface area contributed by atoms with Crippen molar-refractivity contribution in [3.05, 3.63) is 386 Å². The molecule has 0 spiro atoms. The maximum Gasteiger partial charge on any atom is 0.0491 e. The Labute approximate surface area is 880 Å². The maximum absolute atomic E-state index is 3.35. The van der Waals surface area contributed by atoms with Crippen LogP contribution in [0.2, 0.25) is 0 Å². The van der Waals surface area contributed by atoms with Crippen LogP contribution in [0.5, 0.6) is 0 Å². The molecule has 1 aliphatic rings. The summed E-state index contributed by atoms with van der Waals surface area (Å²) < 4.78 is 2.45. The summed E-state index contributed by atoms with van der Waals surface area (Å²) in [5, 5.41) is 10.8. The van der Waals surface area contributed by atoms with E-state index < -0.39 is 0 Å². The molecule has 15 aromatic rings. The Balaban J connectivity index is -0.000000277. The van der Waals surface area contributed by atoms with Gasteiger partial charge in [0.05, 0.1) is 0 Å². The molecular formula is C135H204N2Y-2. The zero-order chi connectivity index (χ0) is 106. The van der Waals surface area contributed by atoms with Crippen LogP contribution >= 0.6 is 0 Å². The smallest absolute Gasteiger partial charge is 0.0491 e. The quantitative estimate of drug-likeness (QED) is 0.119. The molecule has 0 atom stereocenters. The molecule has 0 saturated heterocycles. The predicted molar refractivity (Wildman–Crippen MR) is 638 cm³/mol. The van der Waals surface area contributed by atoms with Gasteiger partial charge in [0, 0.05) is 79.0 Å². The predicted octanol–water partition coefficient (Wildman–Crippen LogP) is 45.1. The van der Waals surface area contributed by atoms with Gasteiger partial charge in [-0.15, -0.1) is 0 Å². The molecule has 0 unspecified atom stereocenters. The minimum atomic E-state index is 0. The van der Waals surface area contributed by atoms with Gasteiger partial charge in [-0.25, -0.2) is 0 Å². The summed E-state index contributed by atoms with van der Waals surface area (Å²) in [6.07, 6.45) is 2.37. The van der Waals surface area contributed by atoms with E-state index >= 15 is 0 Å². The fourth-order valence-corrected chi connectivity index (χ4v) is 13.2. The molecule has 1 aliphatic carbocycles. The monoisotopic (exact) mass is 1940 g/mol. The molecule has 2 nitrogen and oxygen atoms in total. The number of aromatic nitrogens is 1. The van der Waals surface area contributed by atoms with Crippen LogP contribution in [0.1, 0.15) is 359 Å². The number of hydrogen-bond acceptors (Lipinski definition) is 1. The van der Waals surface area contributed by atoms with Crippen molar-refractivity contribution < 1.29 is 32.7 Å². The molecule has 1 radical (unpaired) electrons. The molecular weight excluding hydrogens is 1740 g/mol. The van der Waals surface area contributed by atoms with Crippen molar-refractivity contribution in [2.75, 3.05) is 11.4 Å². The Kier molecular flexibility index (Phi) is 86.6. The molecule has 759 valence electrons. The van der Waals surface area contributed by atoms with Gasteiger partial charge in [0.2, 0.25) is 0 Å². The molecule has 14 aromatic carbocycles. The van der Waals surface area contributed by atoms with Crippen LogP contribution in [0.4, 0.5) is 11.4 Å². The Morgan fingerprint density at radius 1 is 0.261 bits per heavy atom. The zero-order valence-corrected chi connectivity index (χ0v) is 100. The van der Waals surface area contributed by atoms with Crippen LogP contribution in [0.3, 0.4) is 0 Å². The van der Waals surface area contributed by atoms with E-state index in [0.717, 1.165) is 19.5 Å². The fraction of sp³-hybridized carbons (Fsp3) is 0.422. The van der Waals surface area contributed by atoms with Gasteiger partial charge in [0.25, 0.3) is 0 Å². The van der Waals surface area contributed by atoms with Gasteiger partial charge in [0.15, 0.2) is 0 Å². The third-order valence-electron chi connectivity index (χ3n) is 18.8. The second kappa shape index (κ2) is 84.4. The first-order valence-electron chi connectivity index (χ1n) is 53.0. The van der Waals surface area contributed by atoms with Crippen molar-refractivity contribution in [2.45, 2.75) is 349 Å². The van der Waals surface area contributed by atoms with Gasteiger partial charge in [-0.3, -0.25) is 0 Å². The third kappa shape index (κ3) is 57.3. The second-order valence-corrected chi connectivity index (χ2v) is 36.2. The molecule has 16 rings (SSSR count). The summed E-state index contributed by atoms with van der Waals surface area (Å²) in [6.45, 7) is 98.9. The molecule has 0 bridgehead atoms. The molecule has 3 heteroatoms. The average Bonchev–Trinajstić information content (AvgIpc) is 0.831. The largest absolute Gasteiger partial charge is 0.341 e. The van der Waals surface area contributed by atoms with E-state index in [-0.39, 0.29) is 49.0 Å². The van der Waals surface area contributed by atoms with E-state index in [2.05, 4.69) is 445 Å². The third-order valence-corrected chi connectivity index (χ3v) is 18.8. The zero-order valence-electron chi connectivity index (χ0n) is 97.3. The average molecular weight is 1940 g/mol. The molecule has 0 saturated carbocycles. The van der Waals surface area contributed by atoms with Crippen LogP contribution in [0.25, 0.3) is 65.3 Å². The Morgan fingerprint density at radius 2 is 0.486 bits per heavy atom. The van der Waals surface area contributed by atoms with E-state index in [1.54, 1.807) is 0 Å². The standard InChI is InChI=1S/C18H12.C17H19N.C17H21N.C17H18.C13H10.C10H14.C6H6.C6H14.C5H12.13C2H6.Y/c1-2-8-14-13(7-1)15-9-3-4-11-17(15)18-12-6-5-10-16(14)18;1-17(2,3)12-18-15-10-6-4-8-13(15)14-9-5-7-11-16(14)18;1-17(2,3)14-18(15-10-6-4-7-11-15)16-12-8-5-9-13-16;1-17(2,3)16(14-10-6-4-7-11-14)15-12-8-5-9-13-15;1-3-7-12-10(5-1)9-11-6-2-4-8-13(11)12;1-10(2,3)9-7-5-4-6-8-9;1-2-4-6-5-3-1;1-5-6(2,3)4;1-5(2,3)4;13*1-2;/h1-12H;4-11H,12H2,1-3H3;4-13H,14H2,1-3H3;4-10,12,16H,1-3H3;1-8H,9H2;4-8H,1-3H3;1-6H;5H2,1-4H3;1-4H3;13*1-2H3;/q;;;-2;;;;;;;;;;;;;;;;;;;. The Morgan fingerprint density at radius 3 is 0.710 bits per heavy atom. The number of fused-ring (bicyclic) bond motifs is 12. The Bertz CT molecular complexity index is 4750. The summed E-state index contributed by atoms with van der Waals surface area (Å²) in [6, 6.07) is 127. The molecule has 0 amide bonds. The molecule has 0 fully saturated rings. The minimum absolute atomic E-state index is 0. The minimum Gasteiger partial charge on any atom is -0.341 e. The number of rotatable bonds is 6. The maximum atomic E-state index is 3.35. The van der Waals surface area contributed by atoms with Crippen molar-refractivity contribution in [3.8, 4) is 11.1 Å². The van der Waals surface area contributed by atoms with Crippen LogP contribution in [0.15, 0.2) is 346 Å². The summed E-state index contributed by atoms with van der Waals surface area (Å²) in [5.74, 6) is 0.338. The first-order valence-corrected chi connectivity index (χ1v) is 53.0. The topological polar surface area (TPSA) is 8.17 Å². The van der Waals surface area contributed by atoms with Crippen LogP contribution in [-0.4, -0.2) is 11.1 Å². The van der Waals surface area contributed by atoms with Crippen molar-refractivity contribution in [2.24, 2.45) is 27.1 Å². The fourth-order valence-electron chi connectivity index (χ4n) is 13.2. The van der Waals surface area contributed by atoms with Gasteiger partial charge in [0.1, 0.15) is 0 Å². The van der Waals surface area contributed by atoms with Crippen LogP contribution in [-0.2, 0) is 51.1 Å². The molecule has 1 aromatic heterocycles. The number of anilines is 2. The van der Waals surface area contributed by atoms with E-state index in [9.17, 15) is 0 Å². The molecule has 138 heavy (non-hydrogen) atoms. The number of nitrogens with zero attached hydrogens (tertiary/aromatic N) is 2. The van der Waals surface area contributed by atoms with E-state index in [1.165, 1.54) is 111 Å². The van der Waals surface area contributed by atoms with Crippen LogP contribution < -0.4 is 4.90 Å². The van der Waals surface area contributed by atoms with Crippen molar-refractivity contribution in [1.29, 1.82) is 0 Å². The first kappa shape index (κ1) is 142. The Hall–Kier alpha value is -9.44. The number of para-hydroxylation sites is 4. The van der Waals surface area contributed by atoms with E-state index in [4.69, 9.17) is 0 Å². The molecule has 1 heterocycles. The SMILES string of the molecule is CC.CC.CC.CC.CC.CC.CC.CC.CC.CC.CC.CC.CC.CC(C)(C)C.CC(C)(C)C(c1[c-]cccc1)c1[c-]cccc1.CC(C)(C)CN(c1ccccc1)c1ccccc1.CC(C)(C)Cn1c2ccccc2c2ccccc21.CC(C)(C)c1ccccc1.CCC(C)(C)C.[Y].c1ccc2c(c1)Cc1ccccc1-2.c1ccc2c(c1)c1ccccc1c1ccccc21.c1ccccc1. The van der Waals surface area contributed by atoms with E-state index in [0.29, 0.717) is 22.2 Å². The van der Waals surface area contributed by atoms with Gasteiger partial charge in [-0.1, -0.05) is 586 Å². The first-order chi connectivity index (χ1) is 65.8. The van der Waals surface area contributed by atoms with E-state index in [1.807, 2.05) is 241 Å². The van der Waals surface area contributed by atoms with Crippen molar-refractivity contribution >= 4 is 65.5 Å². The summed E-state index contributed by atoms with van der Waals surface area (Å²) >= 11 is 0. The summed E-state index contributed by atoms with van der Waals surface area (Å²) in [4.78, 5) is 2.38. The van der Waals surface area contributed by atoms with Crippen molar-refractivity contribution in [1.82, 2.24) is 4.57 Å². The normalized spacial score (nSPS) is 9.88. The van der Waals surface area contributed by atoms with Crippen molar-refractivity contribution in [3.63, 3.8) is 0 Å². The van der Waals surface area contributed by atoms with Gasteiger partial charge >= 0.3 is 0 Å². The number of hydrogen-bond donors (Lipinski definition) is 0. The number of benzene rings is 14. The van der Waals surface area contributed by atoms with Crippen LogP contribution in [0, 0.1) is 39.2 Å². The van der Waals surface area contributed by atoms with Gasteiger partial charge in [-0.2, -0.15) is 71.8 Å². The summed E-state index contributed by atoms with van der Waals surface area (Å²) in [5.41, 5.74) is 16.8. The molecule has 0 aliphatic heterocycles. The van der Waals surface area contributed by atoms with Gasteiger partial charge in [-0.05, 0) is 141 Å².